The highest BCUT2D eigenvalue weighted by atomic mass is 32.2. The Balaban J connectivity index is 1.36. The maximum absolute atomic E-state index is 3.75. The number of hydrogen-bond acceptors (Lipinski definition) is 3. The van der Waals surface area contributed by atoms with Crippen molar-refractivity contribution in [1.29, 1.82) is 0 Å². The van der Waals surface area contributed by atoms with Gasteiger partial charge in [-0.25, -0.2) is 0 Å². The average Bonchev–Trinajstić information content (AvgIpc) is 2.44. The van der Waals surface area contributed by atoms with Gasteiger partial charge in [0.1, 0.15) is 0 Å². The topological polar surface area (TPSA) is 15.3 Å². The first kappa shape index (κ1) is 13.5. The standard InChI is InChI=1S/C16H24N2S/c1-2-5-14(6-3-1)13-19-10-9-18-11-15-7-4-8-16(12-18)17-15/h1-3,5-6,15-17H,4,7-13H2. The largest absolute Gasteiger partial charge is 0.309 e. The molecule has 3 heteroatoms. The molecule has 2 bridgehead atoms. The fraction of sp³-hybridized carbons (Fsp3) is 0.625. The monoisotopic (exact) mass is 276 g/mol. The van der Waals surface area contributed by atoms with Gasteiger partial charge < -0.3 is 5.32 Å². The van der Waals surface area contributed by atoms with Gasteiger partial charge in [0.05, 0.1) is 0 Å². The SMILES string of the molecule is c1ccc(CSCCN2CC3CCCC(C2)N3)cc1. The Morgan fingerprint density at radius 3 is 2.58 bits per heavy atom. The lowest BCUT2D eigenvalue weighted by Crippen LogP contribution is -2.58. The summed E-state index contributed by atoms with van der Waals surface area (Å²) in [5.41, 5.74) is 1.45. The van der Waals surface area contributed by atoms with Crippen LogP contribution in [0.3, 0.4) is 0 Å². The maximum atomic E-state index is 3.75. The predicted molar refractivity (Wildman–Crippen MR) is 83.6 cm³/mol. The Hall–Kier alpha value is -0.510. The third kappa shape index (κ3) is 3.98. The van der Waals surface area contributed by atoms with Crippen molar-refractivity contribution in [3.8, 4) is 0 Å². The van der Waals surface area contributed by atoms with Crippen molar-refractivity contribution in [3.63, 3.8) is 0 Å². The van der Waals surface area contributed by atoms with Crippen LogP contribution in [-0.2, 0) is 5.75 Å². The highest BCUT2D eigenvalue weighted by Crippen LogP contribution is 2.20. The molecule has 2 heterocycles. The van der Waals surface area contributed by atoms with Crippen LogP contribution in [0, 0.1) is 0 Å². The Morgan fingerprint density at radius 1 is 1.11 bits per heavy atom. The molecule has 0 saturated carbocycles. The van der Waals surface area contributed by atoms with Crippen LogP contribution in [0.5, 0.6) is 0 Å². The van der Waals surface area contributed by atoms with E-state index in [2.05, 4.69) is 52.3 Å². The van der Waals surface area contributed by atoms with E-state index in [0.717, 1.165) is 17.8 Å². The number of benzene rings is 1. The zero-order chi connectivity index (χ0) is 12.9. The smallest absolute Gasteiger partial charge is 0.0198 e. The summed E-state index contributed by atoms with van der Waals surface area (Å²) in [6.45, 7) is 3.79. The molecule has 1 aromatic carbocycles. The van der Waals surface area contributed by atoms with Gasteiger partial charge in [0.25, 0.3) is 0 Å². The second-order valence-corrected chi connectivity index (χ2v) is 6.89. The summed E-state index contributed by atoms with van der Waals surface area (Å²) in [7, 11) is 0. The zero-order valence-corrected chi connectivity index (χ0v) is 12.4. The van der Waals surface area contributed by atoms with E-state index >= 15 is 0 Å². The molecule has 0 amide bonds. The molecule has 2 fully saturated rings. The summed E-state index contributed by atoms with van der Waals surface area (Å²) in [6, 6.07) is 12.3. The minimum Gasteiger partial charge on any atom is -0.309 e. The molecule has 104 valence electrons. The molecule has 0 spiro atoms. The Kier molecular flexibility index (Phi) is 4.81. The van der Waals surface area contributed by atoms with Crippen LogP contribution < -0.4 is 5.32 Å². The Labute approximate surface area is 121 Å². The molecule has 3 rings (SSSR count). The fourth-order valence-corrected chi connectivity index (χ4v) is 4.20. The van der Waals surface area contributed by atoms with Crippen molar-refractivity contribution in [1.82, 2.24) is 10.2 Å². The number of fused-ring (bicyclic) bond motifs is 2. The van der Waals surface area contributed by atoms with Crippen LogP contribution in [0.15, 0.2) is 30.3 Å². The molecule has 0 aliphatic carbocycles. The summed E-state index contributed by atoms with van der Waals surface area (Å²) in [5.74, 6) is 2.41. The molecule has 2 aliphatic heterocycles. The summed E-state index contributed by atoms with van der Waals surface area (Å²) in [6.07, 6.45) is 4.19. The summed E-state index contributed by atoms with van der Waals surface area (Å²) in [4.78, 5) is 2.67. The molecular formula is C16H24N2S. The number of piperazine rings is 1. The van der Waals surface area contributed by atoms with Crippen LogP contribution in [0.2, 0.25) is 0 Å². The van der Waals surface area contributed by atoms with Gasteiger partial charge in [-0.2, -0.15) is 11.8 Å². The lowest BCUT2D eigenvalue weighted by Gasteiger charge is -2.42. The summed E-state index contributed by atoms with van der Waals surface area (Å²) in [5, 5.41) is 3.75. The molecule has 2 unspecified atom stereocenters. The third-order valence-electron chi connectivity index (χ3n) is 4.20. The van der Waals surface area contributed by atoms with Crippen molar-refractivity contribution < 1.29 is 0 Å². The van der Waals surface area contributed by atoms with E-state index in [4.69, 9.17) is 0 Å². The van der Waals surface area contributed by atoms with E-state index in [1.807, 2.05) is 0 Å². The van der Waals surface area contributed by atoms with Crippen LogP contribution in [0.25, 0.3) is 0 Å². The van der Waals surface area contributed by atoms with E-state index in [1.54, 1.807) is 0 Å². The molecule has 2 saturated heterocycles. The molecular weight excluding hydrogens is 252 g/mol. The zero-order valence-electron chi connectivity index (χ0n) is 11.6. The van der Waals surface area contributed by atoms with Gasteiger partial charge in [-0.3, -0.25) is 4.90 Å². The van der Waals surface area contributed by atoms with Gasteiger partial charge >= 0.3 is 0 Å². The molecule has 19 heavy (non-hydrogen) atoms. The highest BCUT2D eigenvalue weighted by molar-refractivity contribution is 7.98. The van der Waals surface area contributed by atoms with Gasteiger partial charge in [0, 0.05) is 43.2 Å². The van der Waals surface area contributed by atoms with E-state index in [-0.39, 0.29) is 0 Å². The normalized spacial score (nSPS) is 27.4. The molecule has 0 aromatic heterocycles. The first-order valence-corrected chi connectivity index (χ1v) is 8.66. The van der Waals surface area contributed by atoms with Crippen LogP contribution in [-0.4, -0.2) is 42.4 Å². The minimum atomic E-state index is 0.770. The number of nitrogens with one attached hydrogen (secondary N) is 1. The molecule has 1 aromatic rings. The Bertz CT molecular complexity index is 370. The fourth-order valence-electron chi connectivity index (χ4n) is 3.24. The molecule has 2 atom stereocenters. The summed E-state index contributed by atoms with van der Waals surface area (Å²) >= 11 is 2.07. The molecule has 2 aliphatic rings. The van der Waals surface area contributed by atoms with Gasteiger partial charge in [0.2, 0.25) is 0 Å². The van der Waals surface area contributed by atoms with Crippen LogP contribution in [0.1, 0.15) is 24.8 Å². The summed E-state index contributed by atoms with van der Waals surface area (Å²) < 4.78 is 0. The number of hydrogen-bond donors (Lipinski definition) is 1. The van der Waals surface area contributed by atoms with Crippen molar-refractivity contribution in [2.24, 2.45) is 0 Å². The van der Waals surface area contributed by atoms with Crippen molar-refractivity contribution in [2.75, 3.05) is 25.4 Å². The third-order valence-corrected chi connectivity index (χ3v) is 5.21. The second-order valence-electron chi connectivity index (χ2n) is 5.79. The maximum Gasteiger partial charge on any atom is 0.0198 e. The number of rotatable bonds is 5. The Morgan fingerprint density at radius 2 is 1.84 bits per heavy atom. The highest BCUT2D eigenvalue weighted by Gasteiger charge is 2.29. The van der Waals surface area contributed by atoms with E-state index in [0.29, 0.717) is 0 Å². The predicted octanol–water partition coefficient (Wildman–Crippen LogP) is 2.75. The minimum absolute atomic E-state index is 0.770. The van der Waals surface area contributed by atoms with E-state index < -0.39 is 0 Å². The second kappa shape index (κ2) is 6.78. The van der Waals surface area contributed by atoms with E-state index in [1.165, 1.54) is 50.2 Å². The lowest BCUT2D eigenvalue weighted by atomic mass is 9.94. The van der Waals surface area contributed by atoms with Gasteiger partial charge in [-0.15, -0.1) is 0 Å². The van der Waals surface area contributed by atoms with Gasteiger partial charge in [-0.05, 0) is 18.4 Å². The van der Waals surface area contributed by atoms with Crippen molar-refractivity contribution >= 4 is 11.8 Å². The molecule has 0 radical (unpaired) electrons. The van der Waals surface area contributed by atoms with E-state index in [9.17, 15) is 0 Å². The van der Waals surface area contributed by atoms with Crippen LogP contribution in [0.4, 0.5) is 0 Å². The van der Waals surface area contributed by atoms with Crippen LogP contribution >= 0.6 is 11.8 Å². The van der Waals surface area contributed by atoms with Gasteiger partial charge in [0.15, 0.2) is 0 Å². The average molecular weight is 276 g/mol. The molecule has 1 N–H and O–H groups in total. The number of thioether (sulfide) groups is 1. The van der Waals surface area contributed by atoms with Crippen molar-refractivity contribution in [3.05, 3.63) is 35.9 Å². The number of nitrogens with zero attached hydrogens (tertiary/aromatic N) is 1. The number of likely N-dealkylation sites (tertiary alicyclic amines) is 1. The first-order valence-electron chi connectivity index (χ1n) is 7.50. The lowest BCUT2D eigenvalue weighted by molar-refractivity contribution is 0.132. The van der Waals surface area contributed by atoms with Crippen molar-refractivity contribution in [2.45, 2.75) is 37.1 Å². The molecule has 2 nitrogen and oxygen atoms in total. The number of piperidine rings is 1. The first-order chi connectivity index (χ1) is 9.40. The quantitative estimate of drug-likeness (QED) is 0.833. The van der Waals surface area contributed by atoms with Gasteiger partial charge in [-0.1, -0.05) is 36.8 Å².